The van der Waals surface area contributed by atoms with E-state index in [4.69, 9.17) is 28.4 Å². The average molecular weight is 398 g/mol. The second-order valence-electron chi connectivity index (χ2n) is 7.02. The van der Waals surface area contributed by atoms with Gasteiger partial charge in [-0.05, 0) is 39.5 Å². The monoisotopic (exact) mass is 398 g/mol. The Kier molecular flexibility index (Phi) is 7.77. The average Bonchev–Trinajstić information content (AvgIpc) is 2.68. The molecule has 2 heterocycles. The van der Waals surface area contributed by atoms with E-state index in [0.717, 1.165) is 12.0 Å². The summed E-state index contributed by atoms with van der Waals surface area (Å²) in [7, 11) is 2.80. The third kappa shape index (κ3) is 5.00. The van der Waals surface area contributed by atoms with Crippen LogP contribution in [0.3, 0.4) is 0 Å². The molecule has 0 spiro atoms. The van der Waals surface area contributed by atoms with Crippen LogP contribution in [0, 0.1) is 0 Å². The van der Waals surface area contributed by atoms with Crippen LogP contribution in [0.4, 0.5) is 0 Å². The van der Waals surface area contributed by atoms with Crippen LogP contribution in [0.25, 0.3) is 0 Å². The van der Waals surface area contributed by atoms with E-state index in [2.05, 4.69) is 6.58 Å². The molecule has 8 nitrogen and oxygen atoms in total. The lowest BCUT2D eigenvalue weighted by Gasteiger charge is -2.50. The molecule has 0 aromatic heterocycles. The molecular weight excluding hydrogens is 368 g/mol. The first-order chi connectivity index (χ1) is 13.3. The predicted molar refractivity (Wildman–Crippen MR) is 99.2 cm³/mol. The summed E-state index contributed by atoms with van der Waals surface area (Å²) in [5.41, 5.74) is 0.945. The lowest BCUT2D eigenvalue weighted by Crippen LogP contribution is -2.68. The minimum Gasteiger partial charge on any atom is -0.464 e. The number of ether oxygens (including phenoxy) is 6. The maximum absolute atomic E-state index is 12.6. The Morgan fingerprint density at radius 1 is 0.964 bits per heavy atom. The quantitative estimate of drug-likeness (QED) is 0.655. The number of rotatable bonds is 2. The fourth-order valence-electron chi connectivity index (χ4n) is 2.98. The molecule has 4 unspecified atom stereocenters. The van der Waals surface area contributed by atoms with Gasteiger partial charge in [-0.15, -0.1) is 0 Å². The van der Waals surface area contributed by atoms with Crippen molar-refractivity contribution in [2.45, 2.75) is 63.3 Å². The molecule has 0 aliphatic carbocycles. The van der Waals surface area contributed by atoms with Gasteiger partial charge >= 0.3 is 11.9 Å². The summed E-state index contributed by atoms with van der Waals surface area (Å²) in [4.78, 5) is 25.3. The van der Waals surface area contributed by atoms with E-state index in [-0.39, 0.29) is 13.2 Å². The number of allylic oxidation sites excluding steroid dienone is 3. The molecule has 0 aromatic rings. The van der Waals surface area contributed by atoms with E-state index in [9.17, 15) is 9.59 Å². The van der Waals surface area contributed by atoms with E-state index in [1.165, 1.54) is 14.2 Å². The zero-order chi connectivity index (χ0) is 20.8. The van der Waals surface area contributed by atoms with Crippen molar-refractivity contribution in [3.05, 3.63) is 24.3 Å². The molecule has 0 saturated carbocycles. The molecule has 2 aliphatic rings. The lowest BCUT2D eigenvalue weighted by molar-refractivity contribution is -0.439. The molecule has 0 aromatic carbocycles. The molecule has 8 heteroatoms. The van der Waals surface area contributed by atoms with Gasteiger partial charge in [0.1, 0.15) is 0 Å². The number of hydrogen-bond acceptors (Lipinski definition) is 8. The smallest absolute Gasteiger partial charge is 0.338 e. The largest absolute Gasteiger partial charge is 0.464 e. The number of cyclic esters (lactones) is 2. The highest BCUT2D eigenvalue weighted by Gasteiger charge is 2.60. The normalized spacial score (nSPS) is 37.1. The summed E-state index contributed by atoms with van der Waals surface area (Å²) >= 11 is 0. The summed E-state index contributed by atoms with van der Waals surface area (Å²) < 4.78 is 33.1. The number of fused-ring (bicyclic) bond motifs is 1. The molecule has 0 radical (unpaired) electrons. The second kappa shape index (κ2) is 9.65. The van der Waals surface area contributed by atoms with Crippen LogP contribution >= 0.6 is 0 Å². The van der Waals surface area contributed by atoms with E-state index in [1.807, 2.05) is 12.2 Å². The van der Waals surface area contributed by atoms with Gasteiger partial charge in [0.25, 0.3) is 0 Å². The van der Waals surface area contributed by atoms with Gasteiger partial charge in [-0.25, -0.2) is 9.59 Å². The van der Waals surface area contributed by atoms with Crippen LogP contribution in [-0.2, 0) is 38.0 Å². The molecule has 4 atom stereocenters. The summed E-state index contributed by atoms with van der Waals surface area (Å²) in [6, 6.07) is 0. The Hall–Kier alpha value is -1.74. The highest BCUT2D eigenvalue weighted by atomic mass is 16.8. The summed E-state index contributed by atoms with van der Waals surface area (Å²) in [6.07, 6.45) is 3.92. The predicted octanol–water partition coefficient (Wildman–Crippen LogP) is 2.27. The standard InChI is InChI=1S/C20H30O8/c1-14-10-7-6-8-12-25-17(21)15-16(18(22)26-13-9-11-14)28-20(3,24-5)19(2,23-4)27-15/h7,10,15-16H,1,6,8-9,11-13H2,2-5H3/b10-7+. The van der Waals surface area contributed by atoms with Gasteiger partial charge in [0, 0.05) is 14.2 Å². The van der Waals surface area contributed by atoms with Gasteiger partial charge in [0.2, 0.25) is 11.6 Å². The van der Waals surface area contributed by atoms with Crippen LogP contribution in [0.5, 0.6) is 0 Å². The zero-order valence-corrected chi connectivity index (χ0v) is 17.0. The number of carbonyl (C=O) groups is 2. The first kappa shape index (κ1) is 22.5. The highest BCUT2D eigenvalue weighted by Crippen LogP contribution is 2.39. The Labute approximate surface area is 165 Å². The third-order valence-electron chi connectivity index (χ3n) is 5.05. The minimum absolute atomic E-state index is 0.165. The van der Waals surface area contributed by atoms with Crippen molar-refractivity contribution in [2.24, 2.45) is 0 Å². The van der Waals surface area contributed by atoms with Crippen molar-refractivity contribution in [3.63, 3.8) is 0 Å². The van der Waals surface area contributed by atoms with Crippen LogP contribution in [0.1, 0.15) is 39.5 Å². The Morgan fingerprint density at radius 2 is 1.46 bits per heavy atom. The van der Waals surface area contributed by atoms with Crippen LogP contribution in [0.2, 0.25) is 0 Å². The maximum Gasteiger partial charge on any atom is 0.338 e. The van der Waals surface area contributed by atoms with Crippen LogP contribution in [-0.4, -0.2) is 63.2 Å². The first-order valence-corrected chi connectivity index (χ1v) is 9.40. The highest BCUT2D eigenvalue weighted by molar-refractivity contribution is 5.86. The number of carbonyl (C=O) groups excluding carboxylic acids is 2. The SMILES string of the molecule is C=C1/C=C/CCCOC(=O)C2OC(C)(OC)C(C)(OC)OC2C(=O)OCCC1. The van der Waals surface area contributed by atoms with Gasteiger partial charge in [-0.2, -0.15) is 0 Å². The summed E-state index contributed by atoms with van der Waals surface area (Å²) in [6.45, 7) is 7.45. The second-order valence-corrected chi connectivity index (χ2v) is 7.02. The number of hydrogen-bond donors (Lipinski definition) is 0. The fourth-order valence-corrected chi connectivity index (χ4v) is 2.98. The summed E-state index contributed by atoms with van der Waals surface area (Å²) in [5, 5.41) is 0. The molecule has 0 N–H and O–H groups in total. The molecule has 1 saturated heterocycles. The Morgan fingerprint density at radius 3 is 1.96 bits per heavy atom. The molecule has 2 rings (SSSR count). The molecule has 1 fully saturated rings. The van der Waals surface area contributed by atoms with Gasteiger partial charge in [0.15, 0.2) is 12.2 Å². The molecule has 158 valence electrons. The zero-order valence-electron chi connectivity index (χ0n) is 17.0. The molecular formula is C20H30O8. The van der Waals surface area contributed by atoms with Gasteiger partial charge in [-0.1, -0.05) is 24.3 Å². The van der Waals surface area contributed by atoms with E-state index in [0.29, 0.717) is 19.3 Å². The fraction of sp³-hybridized carbons (Fsp3) is 0.700. The van der Waals surface area contributed by atoms with E-state index >= 15 is 0 Å². The molecule has 0 bridgehead atoms. The van der Waals surface area contributed by atoms with Crippen LogP contribution in [0.15, 0.2) is 24.3 Å². The van der Waals surface area contributed by atoms with Crippen molar-refractivity contribution >= 4 is 11.9 Å². The van der Waals surface area contributed by atoms with Gasteiger partial charge < -0.3 is 28.4 Å². The van der Waals surface area contributed by atoms with Crippen molar-refractivity contribution in [1.82, 2.24) is 0 Å². The molecule has 0 amide bonds. The topological polar surface area (TPSA) is 89.5 Å². The lowest BCUT2D eigenvalue weighted by atomic mass is 10.0. The van der Waals surface area contributed by atoms with Crippen molar-refractivity contribution in [1.29, 1.82) is 0 Å². The van der Waals surface area contributed by atoms with Crippen molar-refractivity contribution < 1.29 is 38.0 Å². The van der Waals surface area contributed by atoms with Crippen molar-refractivity contribution in [3.8, 4) is 0 Å². The van der Waals surface area contributed by atoms with Crippen LogP contribution < -0.4 is 0 Å². The first-order valence-electron chi connectivity index (χ1n) is 9.40. The van der Waals surface area contributed by atoms with Crippen molar-refractivity contribution in [2.75, 3.05) is 27.4 Å². The van der Waals surface area contributed by atoms with E-state index < -0.39 is 35.7 Å². The number of methoxy groups -OCH3 is 2. The Balaban J connectivity index is 2.25. The third-order valence-corrected chi connectivity index (χ3v) is 5.05. The van der Waals surface area contributed by atoms with Gasteiger partial charge in [-0.3, -0.25) is 0 Å². The Bertz CT molecular complexity index is 615. The van der Waals surface area contributed by atoms with E-state index in [1.54, 1.807) is 13.8 Å². The molecule has 28 heavy (non-hydrogen) atoms. The van der Waals surface area contributed by atoms with Gasteiger partial charge in [0.05, 0.1) is 13.2 Å². The maximum atomic E-state index is 12.6. The minimum atomic E-state index is -1.44. The molecule has 2 aliphatic heterocycles. The number of esters is 2. The summed E-state index contributed by atoms with van der Waals surface area (Å²) in [5.74, 6) is -4.32.